The minimum Gasteiger partial charge on any atom is -0.493 e. The summed E-state index contributed by atoms with van der Waals surface area (Å²) in [5.41, 5.74) is 5.33. The number of amides is 2. The number of carbonyl (C=O) groups excluding carboxylic acids is 2. The highest BCUT2D eigenvalue weighted by Gasteiger charge is 2.15. The Kier molecular flexibility index (Phi) is 11.2. The van der Waals surface area contributed by atoms with E-state index in [1.807, 2.05) is 38.1 Å². The van der Waals surface area contributed by atoms with Crippen LogP contribution in [0.1, 0.15) is 28.4 Å². The monoisotopic (exact) mass is 643 g/mol. The Balaban J connectivity index is 1.65. The number of nitrogens with one attached hydrogen (secondary N) is 2. The van der Waals surface area contributed by atoms with Crippen LogP contribution in [0.2, 0.25) is 0 Å². The quantitative estimate of drug-likeness (QED) is 0.113. The van der Waals surface area contributed by atoms with Gasteiger partial charge in [0.1, 0.15) is 6.61 Å². The first kappa shape index (κ1) is 29.5. The van der Waals surface area contributed by atoms with Crippen LogP contribution in [0.5, 0.6) is 23.0 Å². The molecule has 0 heterocycles. The first-order valence-corrected chi connectivity index (χ1v) is 13.1. The van der Waals surface area contributed by atoms with Crippen LogP contribution in [0.3, 0.4) is 0 Å². The number of hydrogen-bond acceptors (Lipinski definition) is 7. The molecule has 3 aromatic carbocycles. The molecule has 0 aliphatic carbocycles. The molecule has 0 radical (unpaired) electrons. The van der Waals surface area contributed by atoms with E-state index >= 15 is 0 Å². The molecule has 9 nitrogen and oxygen atoms in total. The number of hydrogen-bond donors (Lipinski definition) is 2. The molecule has 3 aromatic rings. The number of aryl methyl sites for hydroxylation is 1. The van der Waals surface area contributed by atoms with Crippen molar-refractivity contribution in [3.63, 3.8) is 0 Å². The van der Waals surface area contributed by atoms with Gasteiger partial charge in [0.05, 0.1) is 23.5 Å². The van der Waals surface area contributed by atoms with Crippen molar-refractivity contribution in [3.8, 4) is 23.0 Å². The second kappa shape index (κ2) is 14.8. The fraction of sp³-hybridized carbons (Fsp3) is 0.207. The van der Waals surface area contributed by atoms with E-state index in [1.165, 1.54) is 13.3 Å². The Morgan fingerprint density at radius 1 is 1.00 bits per heavy atom. The Hall–Kier alpha value is -4.06. The van der Waals surface area contributed by atoms with Crippen molar-refractivity contribution in [3.05, 3.63) is 87.5 Å². The van der Waals surface area contributed by atoms with Crippen molar-refractivity contribution in [2.45, 2.75) is 13.8 Å². The van der Waals surface area contributed by atoms with Gasteiger partial charge in [0.2, 0.25) is 0 Å². The van der Waals surface area contributed by atoms with Crippen molar-refractivity contribution in [2.75, 3.05) is 32.2 Å². The fourth-order valence-electron chi connectivity index (χ4n) is 3.34. The van der Waals surface area contributed by atoms with Crippen molar-refractivity contribution in [1.82, 2.24) is 5.43 Å². The zero-order valence-electron chi connectivity index (χ0n) is 22.0. The van der Waals surface area contributed by atoms with E-state index in [0.717, 1.165) is 5.56 Å². The molecule has 10 heteroatoms. The van der Waals surface area contributed by atoms with Gasteiger partial charge in [0.25, 0.3) is 11.8 Å². The summed E-state index contributed by atoms with van der Waals surface area (Å²) in [7, 11) is 1.50. The summed E-state index contributed by atoms with van der Waals surface area (Å²) in [6.45, 7) is 7.97. The van der Waals surface area contributed by atoms with Crippen LogP contribution in [-0.2, 0) is 4.79 Å². The predicted molar refractivity (Wildman–Crippen MR) is 159 cm³/mol. The minimum absolute atomic E-state index is 0.186. The van der Waals surface area contributed by atoms with E-state index in [-0.39, 0.29) is 12.5 Å². The third-order valence-corrected chi connectivity index (χ3v) is 5.98. The second-order valence-electron chi connectivity index (χ2n) is 8.13. The Morgan fingerprint density at radius 2 is 1.77 bits per heavy atom. The molecule has 2 amide bonds. The molecule has 0 atom stereocenters. The zero-order chi connectivity index (χ0) is 28.2. The summed E-state index contributed by atoms with van der Waals surface area (Å²) in [5.74, 6) is 1.13. The van der Waals surface area contributed by atoms with Crippen LogP contribution in [0.4, 0.5) is 5.69 Å². The summed E-state index contributed by atoms with van der Waals surface area (Å²) < 4.78 is 23.1. The van der Waals surface area contributed by atoms with Gasteiger partial charge >= 0.3 is 0 Å². The van der Waals surface area contributed by atoms with Crippen molar-refractivity contribution >= 4 is 46.3 Å². The highest BCUT2D eigenvalue weighted by molar-refractivity contribution is 14.1. The molecule has 204 valence electrons. The van der Waals surface area contributed by atoms with E-state index in [2.05, 4.69) is 45.0 Å². The molecule has 2 N–H and O–H groups in total. The number of rotatable bonds is 13. The highest BCUT2D eigenvalue weighted by atomic mass is 127. The molecule has 0 saturated heterocycles. The normalized spacial score (nSPS) is 10.6. The Morgan fingerprint density at radius 3 is 2.46 bits per heavy atom. The van der Waals surface area contributed by atoms with Gasteiger partial charge in [-0.1, -0.05) is 30.4 Å². The lowest BCUT2D eigenvalue weighted by Crippen LogP contribution is -2.20. The van der Waals surface area contributed by atoms with Crippen molar-refractivity contribution in [1.29, 1.82) is 0 Å². The van der Waals surface area contributed by atoms with Gasteiger partial charge in [-0.2, -0.15) is 5.10 Å². The summed E-state index contributed by atoms with van der Waals surface area (Å²) in [6.07, 6.45) is 3.12. The fourth-order valence-corrected chi connectivity index (χ4v) is 4.13. The number of ether oxygens (including phenoxy) is 4. The molecule has 0 spiro atoms. The minimum atomic E-state index is -0.418. The van der Waals surface area contributed by atoms with Gasteiger partial charge in [-0.05, 0) is 84.5 Å². The molecule has 39 heavy (non-hydrogen) atoms. The molecule has 0 unspecified atom stereocenters. The van der Waals surface area contributed by atoms with E-state index in [0.29, 0.717) is 56.6 Å². The molecule has 0 aromatic heterocycles. The molecule has 0 saturated carbocycles. The van der Waals surface area contributed by atoms with Crippen LogP contribution in [0, 0.1) is 10.5 Å². The largest absolute Gasteiger partial charge is 0.493 e. The van der Waals surface area contributed by atoms with Crippen LogP contribution >= 0.6 is 22.6 Å². The summed E-state index contributed by atoms with van der Waals surface area (Å²) in [4.78, 5) is 25.0. The van der Waals surface area contributed by atoms with Gasteiger partial charge in [0, 0.05) is 11.3 Å². The summed E-state index contributed by atoms with van der Waals surface area (Å²) in [5, 5.41) is 6.88. The molecule has 3 rings (SSSR count). The summed E-state index contributed by atoms with van der Waals surface area (Å²) in [6, 6.07) is 15.9. The third-order valence-electron chi connectivity index (χ3n) is 5.18. The van der Waals surface area contributed by atoms with Crippen molar-refractivity contribution in [2.24, 2.45) is 5.10 Å². The second-order valence-corrected chi connectivity index (χ2v) is 9.29. The smallest absolute Gasteiger partial charge is 0.271 e. The van der Waals surface area contributed by atoms with Crippen LogP contribution in [0.15, 0.2) is 72.4 Å². The lowest BCUT2D eigenvalue weighted by atomic mass is 10.2. The van der Waals surface area contributed by atoms with Gasteiger partial charge in [-0.25, -0.2) is 5.43 Å². The maximum atomic E-state index is 12.6. The third kappa shape index (κ3) is 8.74. The number of carbonyl (C=O) groups is 2. The van der Waals surface area contributed by atoms with Gasteiger partial charge in [0.15, 0.2) is 29.6 Å². The number of halogens is 1. The van der Waals surface area contributed by atoms with E-state index < -0.39 is 5.91 Å². The van der Waals surface area contributed by atoms with Crippen molar-refractivity contribution < 1.29 is 28.5 Å². The van der Waals surface area contributed by atoms with Gasteiger partial charge in [-0.15, -0.1) is 0 Å². The molecule has 0 bridgehead atoms. The van der Waals surface area contributed by atoms with E-state index in [9.17, 15) is 9.59 Å². The highest BCUT2D eigenvalue weighted by Crippen LogP contribution is 2.34. The van der Waals surface area contributed by atoms with E-state index in [1.54, 1.807) is 36.4 Å². The van der Waals surface area contributed by atoms with E-state index in [4.69, 9.17) is 18.9 Å². The van der Waals surface area contributed by atoms with Crippen LogP contribution in [0.25, 0.3) is 0 Å². The maximum Gasteiger partial charge on any atom is 0.271 e. The zero-order valence-corrected chi connectivity index (χ0v) is 24.1. The average molecular weight is 643 g/mol. The predicted octanol–water partition coefficient (Wildman–Crippen LogP) is 5.35. The summed E-state index contributed by atoms with van der Waals surface area (Å²) >= 11 is 2.10. The van der Waals surface area contributed by atoms with Crippen LogP contribution in [-0.4, -0.2) is 45.0 Å². The number of benzene rings is 3. The molecule has 0 aliphatic heterocycles. The topological polar surface area (TPSA) is 107 Å². The molecule has 0 fully saturated rings. The molecular formula is C29H30IN3O6. The lowest BCUT2D eigenvalue weighted by molar-refractivity contribution is -0.118. The number of anilines is 1. The Bertz CT molecular complexity index is 1340. The number of nitrogens with zero attached hydrogens (tertiary/aromatic N) is 1. The SMILES string of the molecule is C=CCOc1ccc(C(=O)N/N=C/c2cc(I)c(OCC(=O)Nc3ccc(C)cc3)c(OCC)c2)cc1OC. The average Bonchev–Trinajstić information content (AvgIpc) is 2.92. The van der Waals surface area contributed by atoms with Crippen LogP contribution < -0.4 is 29.7 Å². The maximum absolute atomic E-state index is 12.6. The first-order chi connectivity index (χ1) is 18.8. The molecular weight excluding hydrogens is 613 g/mol. The van der Waals surface area contributed by atoms with Gasteiger partial charge in [-0.3, -0.25) is 9.59 Å². The molecule has 0 aliphatic rings. The number of methoxy groups -OCH3 is 1. The standard InChI is InChI=1S/C29H30IN3O6/c1-5-13-38-24-12-9-21(16-25(24)36-4)29(35)33-31-17-20-14-23(30)28(26(15-20)37-6-2)39-18-27(34)32-22-10-7-19(3)8-11-22/h5,7-12,14-17H,1,6,13,18H2,2-4H3,(H,32,34)(H,33,35)/b31-17+. The number of hydrazone groups is 1. The Labute approximate surface area is 241 Å². The van der Waals surface area contributed by atoms with Gasteiger partial charge < -0.3 is 24.3 Å². The lowest BCUT2D eigenvalue weighted by Gasteiger charge is -2.14. The first-order valence-electron chi connectivity index (χ1n) is 12.0.